The van der Waals surface area contributed by atoms with E-state index in [2.05, 4.69) is 10.3 Å². The molecule has 1 aromatic rings. The minimum absolute atomic E-state index is 0.0714. The lowest BCUT2D eigenvalue weighted by atomic mass is 9.94. The number of nitrogens with one attached hydrogen (secondary N) is 1. The highest BCUT2D eigenvalue weighted by Crippen LogP contribution is 2.22. The molecule has 0 saturated carbocycles. The number of carboxylic acids is 1. The Morgan fingerprint density at radius 3 is 2.73 bits per heavy atom. The number of hydrogen-bond donors (Lipinski definition) is 2. The van der Waals surface area contributed by atoms with Gasteiger partial charge in [-0.05, 0) is 0 Å². The Balaban J connectivity index is 2.50. The molecule has 0 spiro atoms. The van der Waals surface area contributed by atoms with E-state index in [0.717, 1.165) is 5.76 Å². The third kappa shape index (κ3) is 3.71. The van der Waals surface area contributed by atoms with Gasteiger partial charge in [0.2, 0.25) is 5.89 Å². The third-order valence-electron chi connectivity index (χ3n) is 1.85. The third-order valence-corrected chi connectivity index (χ3v) is 1.85. The summed E-state index contributed by atoms with van der Waals surface area (Å²) in [5, 5.41) is 11.1. The zero-order valence-electron chi connectivity index (χ0n) is 9.20. The Morgan fingerprint density at radius 2 is 2.27 bits per heavy atom. The largest absolute Gasteiger partial charge is 0.480 e. The van der Waals surface area contributed by atoms with Gasteiger partial charge in [-0.3, -0.25) is 10.1 Å². The first-order valence-electron chi connectivity index (χ1n) is 4.77. The highest BCUT2D eigenvalue weighted by atomic mass is 16.4. The Labute approximate surface area is 88.5 Å². The van der Waals surface area contributed by atoms with Crippen molar-refractivity contribution in [1.82, 2.24) is 10.3 Å². The Morgan fingerprint density at radius 1 is 1.60 bits per heavy atom. The number of carbonyl (C=O) groups is 1. The zero-order chi connectivity index (χ0) is 11.5. The van der Waals surface area contributed by atoms with Crippen LogP contribution in [-0.4, -0.2) is 22.6 Å². The predicted molar refractivity (Wildman–Crippen MR) is 54.5 cm³/mol. The van der Waals surface area contributed by atoms with Gasteiger partial charge in [-0.1, -0.05) is 20.8 Å². The van der Waals surface area contributed by atoms with Crippen LogP contribution in [0, 0.1) is 0 Å². The van der Waals surface area contributed by atoms with Crippen LogP contribution in [0.5, 0.6) is 0 Å². The van der Waals surface area contributed by atoms with Crippen molar-refractivity contribution in [2.24, 2.45) is 0 Å². The molecule has 1 heterocycles. The highest BCUT2D eigenvalue weighted by Gasteiger charge is 2.18. The molecule has 1 aromatic heterocycles. The number of carboxylic acid groups (broad SMARTS) is 1. The minimum Gasteiger partial charge on any atom is -0.480 e. The van der Waals surface area contributed by atoms with E-state index >= 15 is 0 Å². The highest BCUT2D eigenvalue weighted by molar-refractivity contribution is 5.68. The first kappa shape index (κ1) is 11.7. The maximum absolute atomic E-state index is 10.2. The van der Waals surface area contributed by atoms with E-state index in [1.807, 2.05) is 20.8 Å². The molecule has 0 aliphatic heterocycles. The van der Waals surface area contributed by atoms with Crippen LogP contribution in [0.2, 0.25) is 0 Å². The predicted octanol–water partition coefficient (Wildman–Crippen LogP) is 1.15. The molecule has 5 heteroatoms. The number of rotatable bonds is 4. The van der Waals surface area contributed by atoms with Gasteiger partial charge in [0.25, 0.3) is 0 Å². The number of aromatic nitrogens is 1. The maximum Gasteiger partial charge on any atom is 0.317 e. The molecule has 84 valence electrons. The second kappa shape index (κ2) is 4.44. The van der Waals surface area contributed by atoms with Crippen molar-refractivity contribution in [3.05, 3.63) is 17.8 Å². The van der Waals surface area contributed by atoms with Gasteiger partial charge >= 0.3 is 5.97 Å². The van der Waals surface area contributed by atoms with Gasteiger partial charge in [0.15, 0.2) is 0 Å². The van der Waals surface area contributed by atoms with Crippen LogP contribution in [0.1, 0.15) is 32.4 Å². The lowest BCUT2D eigenvalue weighted by Gasteiger charge is -2.13. The zero-order valence-corrected chi connectivity index (χ0v) is 9.20. The van der Waals surface area contributed by atoms with Gasteiger partial charge in [0.1, 0.15) is 5.76 Å². The maximum atomic E-state index is 10.2. The minimum atomic E-state index is -0.891. The number of nitrogens with zero attached hydrogens (tertiary/aromatic N) is 1. The summed E-state index contributed by atoms with van der Waals surface area (Å²) in [7, 11) is 0. The van der Waals surface area contributed by atoms with Crippen LogP contribution in [0.4, 0.5) is 0 Å². The van der Waals surface area contributed by atoms with Crippen molar-refractivity contribution >= 4 is 5.97 Å². The van der Waals surface area contributed by atoms with Gasteiger partial charge in [-0.25, -0.2) is 4.98 Å². The van der Waals surface area contributed by atoms with Crippen LogP contribution in [-0.2, 0) is 16.8 Å². The second-order valence-electron chi connectivity index (χ2n) is 4.37. The molecule has 5 nitrogen and oxygen atoms in total. The molecule has 0 aliphatic rings. The molecular weight excluding hydrogens is 196 g/mol. The van der Waals surface area contributed by atoms with Crippen molar-refractivity contribution in [2.75, 3.05) is 6.54 Å². The molecule has 0 bridgehead atoms. The van der Waals surface area contributed by atoms with Crippen molar-refractivity contribution in [3.63, 3.8) is 0 Å². The molecule has 1 rings (SSSR count). The van der Waals surface area contributed by atoms with Crippen molar-refractivity contribution in [2.45, 2.75) is 32.7 Å². The first-order valence-corrected chi connectivity index (χ1v) is 4.77. The monoisotopic (exact) mass is 212 g/mol. The van der Waals surface area contributed by atoms with Gasteiger partial charge < -0.3 is 9.52 Å². The summed E-state index contributed by atoms with van der Waals surface area (Å²) in [5.74, 6) is 0.424. The summed E-state index contributed by atoms with van der Waals surface area (Å²) in [6.45, 7) is 6.33. The lowest BCUT2D eigenvalue weighted by molar-refractivity contribution is -0.136. The SMILES string of the molecule is CC(C)(C)c1cnc(CNCC(=O)O)o1. The van der Waals surface area contributed by atoms with E-state index in [9.17, 15) is 4.79 Å². The van der Waals surface area contributed by atoms with E-state index in [0.29, 0.717) is 12.4 Å². The van der Waals surface area contributed by atoms with Crippen LogP contribution in [0.15, 0.2) is 10.6 Å². The Bertz CT molecular complexity index is 339. The molecule has 15 heavy (non-hydrogen) atoms. The summed E-state index contributed by atoms with van der Waals surface area (Å²) >= 11 is 0. The number of oxazole rings is 1. The average molecular weight is 212 g/mol. The molecule has 0 atom stereocenters. The lowest BCUT2D eigenvalue weighted by Crippen LogP contribution is -2.21. The van der Waals surface area contributed by atoms with E-state index in [1.165, 1.54) is 0 Å². The molecule has 0 fully saturated rings. The van der Waals surface area contributed by atoms with Crippen molar-refractivity contribution < 1.29 is 14.3 Å². The fourth-order valence-electron chi connectivity index (χ4n) is 1.02. The summed E-state index contributed by atoms with van der Waals surface area (Å²) in [5.41, 5.74) is -0.0714. The van der Waals surface area contributed by atoms with Crippen LogP contribution in [0.25, 0.3) is 0 Å². The standard InChI is InChI=1S/C10H16N2O3/c1-10(2,3)7-4-12-8(15-7)5-11-6-9(13)14/h4,11H,5-6H2,1-3H3,(H,13,14). The fraction of sp³-hybridized carbons (Fsp3) is 0.600. The second-order valence-corrected chi connectivity index (χ2v) is 4.37. The summed E-state index contributed by atoms with van der Waals surface area (Å²) in [4.78, 5) is 14.3. The van der Waals surface area contributed by atoms with Gasteiger partial charge in [0.05, 0.1) is 19.3 Å². The molecule has 2 N–H and O–H groups in total. The van der Waals surface area contributed by atoms with Crippen LogP contribution < -0.4 is 5.32 Å². The molecule has 0 aliphatic carbocycles. The summed E-state index contributed by atoms with van der Waals surface area (Å²) in [6.07, 6.45) is 1.68. The van der Waals surface area contributed by atoms with Gasteiger partial charge in [0, 0.05) is 5.41 Å². The molecular formula is C10H16N2O3. The summed E-state index contributed by atoms with van der Waals surface area (Å²) in [6, 6.07) is 0. The average Bonchev–Trinajstić information content (AvgIpc) is 2.51. The van der Waals surface area contributed by atoms with E-state index < -0.39 is 5.97 Å². The Kier molecular flexibility index (Phi) is 3.47. The molecule has 0 radical (unpaired) electrons. The van der Waals surface area contributed by atoms with Crippen molar-refractivity contribution in [3.8, 4) is 0 Å². The molecule has 0 aromatic carbocycles. The normalized spacial score (nSPS) is 11.7. The molecule has 0 saturated heterocycles. The molecule has 0 amide bonds. The summed E-state index contributed by atoms with van der Waals surface area (Å²) < 4.78 is 5.46. The molecule has 0 unspecified atom stereocenters. The quantitative estimate of drug-likeness (QED) is 0.783. The first-order chi connectivity index (χ1) is 6.89. The fourth-order valence-corrected chi connectivity index (χ4v) is 1.02. The van der Waals surface area contributed by atoms with Crippen molar-refractivity contribution in [1.29, 1.82) is 0 Å². The van der Waals surface area contributed by atoms with Crippen LogP contribution >= 0.6 is 0 Å². The van der Waals surface area contributed by atoms with E-state index in [-0.39, 0.29) is 12.0 Å². The van der Waals surface area contributed by atoms with Gasteiger partial charge in [-0.2, -0.15) is 0 Å². The topological polar surface area (TPSA) is 75.4 Å². The smallest absolute Gasteiger partial charge is 0.317 e. The van der Waals surface area contributed by atoms with E-state index in [4.69, 9.17) is 9.52 Å². The number of aliphatic carboxylic acids is 1. The van der Waals surface area contributed by atoms with Crippen LogP contribution in [0.3, 0.4) is 0 Å². The Hall–Kier alpha value is -1.36. The number of hydrogen-bond acceptors (Lipinski definition) is 4. The van der Waals surface area contributed by atoms with Gasteiger partial charge in [-0.15, -0.1) is 0 Å². The van der Waals surface area contributed by atoms with E-state index in [1.54, 1.807) is 6.20 Å².